The second kappa shape index (κ2) is 7.76. The highest BCUT2D eigenvalue weighted by Crippen LogP contribution is 2.35. The zero-order chi connectivity index (χ0) is 17.8. The second-order valence-corrected chi connectivity index (χ2v) is 6.62. The van der Waals surface area contributed by atoms with Gasteiger partial charge in [0.05, 0.1) is 0 Å². The Morgan fingerprint density at radius 1 is 1.04 bits per heavy atom. The first-order chi connectivity index (χ1) is 12.1. The minimum absolute atomic E-state index is 0.0209. The van der Waals surface area contributed by atoms with Gasteiger partial charge in [-0.1, -0.05) is 0 Å². The van der Waals surface area contributed by atoms with Gasteiger partial charge in [-0.25, -0.2) is 0 Å². The molecule has 0 atom stereocenters. The van der Waals surface area contributed by atoms with Crippen LogP contribution >= 0.6 is 0 Å². The smallest absolute Gasteiger partial charge is 0.231 e. The number of benzene rings is 1. The molecule has 2 amide bonds. The molecule has 1 aliphatic heterocycles. The van der Waals surface area contributed by atoms with E-state index in [4.69, 9.17) is 9.47 Å². The zero-order valence-corrected chi connectivity index (χ0v) is 14.9. The predicted octanol–water partition coefficient (Wildman–Crippen LogP) is 3.03. The topological polar surface area (TPSA) is 67.9 Å². The number of nitrogens with one attached hydrogen (secondary N) is 1. The standard InChI is InChI=1S/C19H26N2O4/c1-3-21(4-2)19(23)14-7-5-13(6-8-14)18(22)20-15-9-10-16-17(11-15)25-12-24-16/h9-11,13-14H,3-8,12H2,1-2H3,(H,20,22). The Hall–Kier alpha value is -2.24. The van der Waals surface area contributed by atoms with Crippen LogP contribution in [0, 0.1) is 11.8 Å². The highest BCUT2D eigenvalue weighted by atomic mass is 16.7. The van der Waals surface area contributed by atoms with Crippen molar-refractivity contribution in [1.29, 1.82) is 0 Å². The van der Waals surface area contributed by atoms with Gasteiger partial charge in [-0.05, 0) is 51.7 Å². The molecule has 6 heteroatoms. The molecule has 1 heterocycles. The summed E-state index contributed by atoms with van der Waals surface area (Å²) in [5.41, 5.74) is 0.718. The van der Waals surface area contributed by atoms with Crippen LogP contribution in [-0.2, 0) is 9.59 Å². The molecule has 0 aromatic heterocycles. The summed E-state index contributed by atoms with van der Waals surface area (Å²) in [6, 6.07) is 5.41. The van der Waals surface area contributed by atoms with E-state index in [9.17, 15) is 9.59 Å². The third kappa shape index (κ3) is 3.89. The Morgan fingerprint density at radius 3 is 2.36 bits per heavy atom. The van der Waals surface area contributed by atoms with Gasteiger partial charge in [-0.2, -0.15) is 0 Å². The molecule has 0 radical (unpaired) electrons. The fourth-order valence-electron chi connectivity index (χ4n) is 3.61. The molecule has 0 unspecified atom stereocenters. The summed E-state index contributed by atoms with van der Waals surface area (Å²) in [5, 5.41) is 2.96. The van der Waals surface area contributed by atoms with Crippen LogP contribution in [0.5, 0.6) is 11.5 Å². The van der Waals surface area contributed by atoms with Crippen molar-refractivity contribution in [3.05, 3.63) is 18.2 Å². The summed E-state index contributed by atoms with van der Waals surface area (Å²) in [5.74, 6) is 1.65. The lowest BCUT2D eigenvalue weighted by Gasteiger charge is -2.30. The van der Waals surface area contributed by atoms with Crippen molar-refractivity contribution in [2.24, 2.45) is 11.8 Å². The predicted molar refractivity (Wildman–Crippen MR) is 94.6 cm³/mol. The SMILES string of the molecule is CCN(CC)C(=O)C1CCC(C(=O)Nc2ccc3c(c2)OCO3)CC1. The summed E-state index contributed by atoms with van der Waals surface area (Å²) in [4.78, 5) is 26.8. The van der Waals surface area contributed by atoms with Crippen molar-refractivity contribution in [1.82, 2.24) is 4.90 Å². The molecule has 1 aromatic carbocycles. The number of carbonyl (C=O) groups is 2. The third-order valence-corrected chi connectivity index (χ3v) is 5.16. The Kier molecular flexibility index (Phi) is 5.46. The van der Waals surface area contributed by atoms with Gasteiger partial charge in [0.1, 0.15) is 0 Å². The van der Waals surface area contributed by atoms with Gasteiger partial charge >= 0.3 is 0 Å². The Balaban J connectivity index is 1.52. The van der Waals surface area contributed by atoms with E-state index in [0.29, 0.717) is 11.5 Å². The third-order valence-electron chi connectivity index (χ3n) is 5.16. The molecule has 1 fully saturated rings. The van der Waals surface area contributed by atoms with Crippen molar-refractivity contribution in [2.45, 2.75) is 39.5 Å². The molecule has 136 valence electrons. The Morgan fingerprint density at radius 2 is 1.68 bits per heavy atom. The molecule has 1 aliphatic carbocycles. The number of ether oxygens (including phenoxy) is 2. The number of hydrogen-bond acceptors (Lipinski definition) is 4. The van der Waals surface area contributed by atoms with Gasteiger partial charge in [0.15, 0.2) is 11.5 Å². The van der Waals surface area contributed by atoms with Crippen molar-refractivity contribution in [3.63, 3.8) is 0 Å². The van der Waals surface area contributed by atoms with Crippen molar-refractivity contribution in [3.8, 4) is 11.5 Å². The lowest BCUT2D eigenvalue weighted by molar-refractivity contribution is -0.137. The van der Waals surface area contributed by atoms with Crippen LogP contribution in [0.2, 0.25) is 0 Å². The number of anilines is 1. The summed E-state index contributed by atoms with van der Waals surface area (Å²) in [6.45, 7) is 5.73. The zero-order valence-electron chi connectivity index (χ0n) is 14.9. The van der Waals surface area contributed by atoms with E-state index < -0.39 is 0 Å². The normalized spacial score (nSPS) is 21.7. The van der Waals surface area contributed by atoms with E-state index >= 15 is 0 Å². The van der Waals surface area contributed by atoms with Crippen LogP contribution in [0.25, 0.3) is 0 Å². The van der Waals surface area contributed by atoms with Crippen LogP contribution in [0.15, 0.2) is 18.2 Å². The molecule has 25 heavy (non-hydrogen) atoms. The maximum atomic E-state index is 12.5. The van der Waals surface area contributed by atoms with Crippen LogP contribution in [0.3, 0.4) is 0 Å². The average Bonchev–Trinajstić information content (AvgIpc) is 3.10. The van der Waals surface area contributed by atoms with Crippen LogP contribution in [0.4, 0.5) is 5.69 Å². The van der Waals surface area contributed by atoms with Gasteiger partial charge in [0.25, 0.3) is 0 Å². The molecule has 1 saturated carbocycles. The first-order valence-corrected chi connectivity index (χ1v) is 9.11. The van der Waals surface area contributed by atoms with E-state index in [2.05, 4.69) is 5.32 Å². The molecule has 2 aliphatic rings. The van der Waals surface area contributed by atoms with Gasteiger partial charge in [-0.15, -0.1) is 0 Å². The van der Waals surface area contributed by atoms with Crippen LogP contribution in [-0.4, -0.2) is 36.6 Å². The molecule has 0 bridgehead atoms. The second-order valence-electron chi connectivity index (χ2n) is 6.62. The first kappa shape index (κ1) is 17.6. The summed E-state index contributed by atoms with van der Waals surface area (Å²) in [6.07, 6.45) is 3.09. The van der Waals surface area contributed by atoms with Gasteiger partial charge in [0, 0.05) is 36.7 Å². The fourth-order valence-corrected chi connectivity index (χ4v) is 3.61. The lowest BCUT2D eigenvalue weighted by atomic mass is 9.81. The molecular weight excluding hydrogens is 320 g/mol. The Bertz CT molecular complexity index is 634. The monoisotopic (exact) mass is 346 g/mol. The lowest BCUT2D eigenvalue weighted by Crippen LogP contribution is -2.38. The highest BCUT2D eigenvalue weighted by Gasteiger charge is 2.31. The number of hydrogen-bond donors (Lipinski definition) is 1. The van der Waals surface area contributed by atoms with Gasteiger partial charge < -0.3 is 19.7 Å². The molecular formula is C19H26N2O4. The van der Waals surface area contributed by atoms with E-state index in [1.54, 1.807) is 12.1 Å². The highest BCUT2D eigenvalue weighted by molar-refractivity contribution is 5.93. The maximum absolute atomic E-state index is 12.5. The molecule has 1 N–H and O–H groups in total. The molecule has 1 aromatic rings. The van der Waals surface area contributed by atoms with Crippen molar-refractivity contribution in [2.75, 3.05) is 25.2 Å². The quantitative estimate of drug-likeness (QED) is 0.890. The van der Waals surface area contributed by atoms with Crippen LogP contribution < -0.4 is 14.8 Å². The van der Waals surface area contributed by atoms with Gasteiger partial charge in [0.2, 0.25) is 18.6 Å². The largest absolute Gasteiger partial charge is 0.454 e. The van der Waals surface area contributed by atoms with Crippen LogP contribution in [0.1, 0.15) is 39.5 Å². The molecule has 0 spiro atoms. The van der Waals surface area contributed by atoms with Crippen molar-refractivity contribution >= 4 is 17.5 Å². The Labute approximate surface area is 148 Å². The van der Waals surface area contributed by atoms with E-state index in [1.165, 1.54) is 0 Å². The number of fused-ring (bicyclic) bond motifs is 1. The average molecular weight is 346 g/mol. The fraction of sp³-hybridized carbons (Fsp3) is 0.579. The summed E-state index contributed by atoms with van der Waals surface area (Å²) >= 11 is 0. The van der Waals surface area contributed by atoms with E-state index in [1.807, 2.05) is 24.8 Å². The number of amides is 2. The van der Waals surface area contributed by atoms with E-state index in [-0.39, 0.29) is 30.4 Å². The summed E-state index contributed by atoms with van der Waals surface area (Å²) in [7, 11) is 0. The number of carbonyl (C=O) groups excluding carboxylic acids is 2. The minimum Gasteiger partial charge on any atom is -0.454 e. The molecule has 6 nitrogen and oxygen atoms in total. The first-order valence-electron chi connectivity index (χ1n) is 9.11. The maximum Gasteiger partial charge on any atom is 0.231 e. The summed E-state index contributed by atoms with van der Waals surface area (Å²) < 4.78 is 10.6. The number of rotatable bonds is 5. The van der Waals surface area contributed by atoms with Crippen molar-refractivity contribution < 1.29 is 19.1 Å². The molecule has 0 saturated heterocycles. The minimum atomic E-state index is -0.0359. The molecule has 3 rings (SSSR count). The van der Waals surface area contributed by atoms with Gasteiger partial charge in [-0.3, -0.25) is 9.59 Å². The van der Waals surface area contributed by atoms with E-state index in [0.717, 1.165) is 44.5 Å². The number of nitrogens with zero attached hydrogens (tertiary/aromatic N) is 1.